The van der Waals surface area contributed by atoms with Gasteiger partial charge in [0.15, 0.2) is 0 Å². The molecular weight excluding hydrogens is 246 g/mol. The Kier molecular flexibility index (Phi) is 5.96. The van der Waals surface area contributed by atoms with Crippen LogP contribution in [0.2, 0.25) is 0 Å². The number of hydrogen-bond acceptors (Lipinski definition) is 4. The lowest BCUT2D eigenvalue weighted by atomic mass is 10.2. The van der Waals surface area contributed by atoms with Crippen molar-refractivity contribution in [2.45, 2.75) is 38.6 Å². The molecule has 16 heavy (non-hydrogen) atoms. The molecule has 2 atom stereocenters. The third kappa shape index (κ3) is 4.05. The van der Waals surface area contributed by atoms with Crippen molar-refractivity contribution >= 4 is 7.60 Å². The second-order valence-corrected chi connectivity index (χ2v) is 5.59. The average molecular weight is 263 g/mol. The van der Waals surface area contributed by atoms with Gasteiger partial charge in [0.25, 0.3) is 0 Å². The van der Waals surface area contributed by atoms with Crippen LogP contribution in [-0.4, -0.2) is 31.1 Å². The zero-order valence-corrected chi connectivity index (χ0v) is 10.3. The van der Waals surface area contributed by atoms with Crippen LogP contribution in [0.3, 0.4) is 0 Å². The predicted molar refractivity (Wildman–Crippen MR) is 54.4 cm³/mol. The molecule has 0 saturated carbocycles. The Balaban J connectivity index is 4.87. The van der Waals surface area contributed by atoms with Gasteiger partial charge >= 0.3 is 13.8 Å². The van der Waals surface area contributed by atoms with Crippen LogP contribution in [0.4, 0.5) is 13.2 Å². The second-order valence-electron chi connectivity index (χ2n) is 3.18. The van der Waals surface area contributed by atoms with Crippen LogP contribution in [0.1, 0.15) is 20.8 Å². The Labute approximate surface area is 92.8 Å². The molecule has 0 unspecified atom stereocenters. The minimum Gasteiger partial charge on any atom is -0.319 e. The molecule has 8 heteroatoms. The van der Waals surface area contributed by atoms with Gasteiger partial charge in [-0.15, -0.1) is 0 Å². The highest BCUT2D eigenvalue weighted by molar-refractivity contribution is 7.54. The topological polar surface area (TPSA) is 61.5 Å². The van der Waals surface area contributed by atoms with Crippen molar-refractivity contribution in [1.29, 1.82) is 0 Å². The summed E-state index contributed by atoms with van der Waals surface area (Å²) in [5, 5.41) is 0. The number of alkyl halides is 3. The van der Waals surface area contributed by atoms with E-state index in [1.165, 1.54) is 13.8 Å². The maximum absolute atomic E-state index is 12.4. The number of halogens is 3. The fraction of sp³-hybridized carbons (Fsp3) is 1.00. The van der Waals surface area contributed by atoms with Gasteiger partial charge in [0.1, 0.15) is 6.04 Å². The number of rotatable bonds is 6. The SMILES string of the molecule is CCOP(=O)(OCC)[C@H](C)[C@H](N)C(F)(F)F. The Hall–Kier alpha value is -0.100. The van der Waals surface area contributed by atoms with Crippen LogP contribution in [0, 0.1) is 0 Å². The first-order valence-corrected chi connectivity index (χ1v) is 6.51. The second kappa shape index (κ2) is 6.00. The molecule has 0 heterocycles. The monoisotopic (exact) mass is 263 g/mol. The molecule has 0 aromatic carbocycles. The van der Waals surface area contributed by atoms with Gasteiger partial charge in [-0.1, -0.05) is 0 Å². The van der Waals surface area contributed by atoms with Gasteiger partial charge in [0, 0.05) is 0 Å². The van der Waals surface area contributed by atoms with E-state index < -0.39 is 25.5 Å². The molecule has 0 aliphatic rings. The maximum Gasteiger partial charge on any atom is 0.404 e. The molecule has 0 aliphatic carbocycles. The van der Waals surface area contributed by atoms with Crippen molar-refractivity contribution in [1.82, 2.24) is 0 Å². The molecule has 0 bridgehead atoms. The fourth-order valence-electron chi connectivity index (χ4n) is 1.10. The summed E-state index contributed by atoms with van der Waals surface area (Å²) in [7, 11) is -3.81. The third-order valence-corrected chi connectivity index (χ3v) is 4.57. The van der Waals surface area contributed by atoms with Crippen LogP contribution < -0.4 is 5.73 Å². The zero-order valence-electron chi connectivity index (χ0n) is 9.45. The molecule has 0 saturated heterocycles. The summed E-state index contributed by atoms with van der Waals surface area (Å²) in [4.78, 5) is 0. The van der Waals surface area contributed by atoms with E-state index in [1.54, 1.807) is 0 Å². The first-order chi connectivity index (χ1) is 7.19. The lowest BCUT2D eigenvalue weighted by Crippen LogP contribution is -2.46. The lowest BCUT2D eigenvalue weighted by Gasteiger charge is -2.28. The molecule has 0 radical (unpaired) electrons. The van der Waals surface area contributed by atoms with Crippen LogP contribution in [0.5, 0.6) is 0 Å². The highest BCUT2D eigenvalue weighted by atomic mass is 31.2. The fourth-order valence-corrected chi connectivity index (χ4v) is 2.93. The van der Waals surface area contributed by atoms with Crippen molar-refractivity contribution in [3.05, 3.63) is 0 Å². The van der Waals surface area contributed by atoms with E-state index in [4.69, 9.17) is 14.8 Å². The largest absolute Gasteiger partial charge is 0.404 e. The van der Waals surface area contributed by atoms with Gasteiger partial charge in [-0.3, -0.25) is 4.57 Å². The molecular formula is C8H17F3NO3P. The maximum atomic E-state index is 12.4. The summed E-state index contributed by atoms with van der Waals surface area (Å²) in [5.41, 5.74) is 3.56. The Bertz CT molecular complexity index is 249. The molecule has 0 spiro atoms. The summed E-state index contributed by atoms with van der Waals surface area (Å²) in [6.07, 6.45) is -4.62. The molecule has 98 valence electrons. The summed E-state index contributed by atoms with van der Waals surface area (Å²) in [5.74, 6) is 0. The molecule has 0 rings (SSSR count). The summed E-state index contributed by atoms with van der Waals surface area (Å²) in [6, 6.07) is -2.23. The van der Waals surface area contributed by atoms with E-state index in [-0.39, 0.29) is 13.2 Å². The van der Waals surface area contributed by atoms with Gasteiger partial charge in [0.2, 0.25) is 0 Å². The van der Waals surface area contributed by atoms with Gasteiger partial charge in [-0.05, 0) is 20.8 Å². The highest BCUT2D eigenvalue weighted by Crippen LogP contribution is 2.55. The van der Waals surface area contributed by atoms with E-state index >= 15 is 0 Å². The van der Waals surface area contributed by atoms with Crippen molar-refractivity contribution in [3.63, 3.8) is 0 Å². The molecule has 0 aromatic rings. The van der Waals surface area contributed by atoms with Crippen LogP contribution in [-0.2, 0) is 13.6 Å². The Morgan fingerprint density at radius 3 is 1.88 bits per heavy atom. The zero-order chi connectivity index (χ0) is 13.0. The quantitative estimate of drug-likeness (QED) is 0.748. The molecule has 2 N–H and O–H groups in total. The molecule has 0 aliphatic heterocycles. The average Bonchev–Trinajstić information content (AvgIpc) is 2.14. The van der Waals surface area contributed by atoms with Crippen molar-refractivity contribution in [2.24, 2.45) is 5.73 Å². The predicted octanol–water partition coefficient (Wildman–Crippen LogP) is 2.53. The van der Waals surface area contributed by atoms with Gasteiger partial charge in [-0.25, -0.2) is 0 Å². The minimum atomic E-state index is -4.62. The van der Waals surface area contributed by atoms with E-state index in [9.17, 15) is 17.7 Å². The molecule has 0 fully saturated rings. The van der Waals surface area contributed by atoms with Crippen LogP contribution in [0.15, 0.2) is 0 Å². The van der Waals surface area contributed by atoms with Crippen molar-refractivity contribution < 1.29 is 26.8 Å². The van der Waals surface area contributed by atoms with Crippen LogP contribution >= 0.6 is 7.60 Å². The summed E-state index contributed by atoms with van der Waals surface area (Å²) in [6.45, 7) is 4.18. The van der Waals surface area contributed by atoms with E-state index in [2.05, 4.69) is 0 Å². The Morgan fingerprint density at radius 1 is 1.25 bits per heavy atom. The first-order valence-electron chi connectivity index (χ1n) is 4.90. The first kappa shape index (κ1) is 15.9. The normalized spacial score (nSPS) is 17.2. The smallest absolute Gasteiger partial charge is 0.319 e. The molecule has 4 nitrogen and oxygen atoms in total. The minimum absolute atomic E-state index is 0.00615. The van der Waals surface area contributed by atoms with Gasteiger partial charge < -0.3 is 14.8 Å². The Morgan fingerprint density at radius 2 is 1.62 bits per heavy atom. The highest BCUT2D eigenvalue weighted by Gasteiger charge is 2.48. The van der Waals surface area contributed by atoms with Gasteiger partial charge in [-0.2, -0.15) is 13.2 Å². The van der Waals surface area contributed by atoms with E-state index in [1.807, 2.05) is 0 Å². The third-order valence-electron chi connectivity index (χ3n) is 2.01. The van der Waals surface area contributed by atoms with E-state index in [0.717, 1.165) is 6.92 Å². The number of hydrogen-bond donors (Lipinski definition) is 1. The van der Waals surface area contributed by atoms with E-state index in [0.29, 0.717) is 0 Å². The van der Waals surface area contributed by atoms with Crippen LogP contribution in [0.25, 0.3) is 0 Å². The molecule has 0 aromatic heterocycles. The standard InChI is InChI=1S/C8H17F3NO3P/c1-4-14-16(13,15-5-2)6(3)7(12)8(9,10)11/h6-7H,4-5,12H2,1-3H3/t6-,7+/m1/s1. The lowest BCUT2D eigenvalue weighted by molar-refractivity contribution is -0.148. The van der Waals surface area contributed by atoms with Crippen molar-refractivity contribution in [2.75, 3.05) is 13.2 Å². The number of nitrogens with two attached hydrogens (primary N) is 1. The molecule has 0 amide bonds. The summed E-state index contributed by atoms with van der Waals surface area (Å²) >= 11 is 0. The van der Waals surface area contributed by atoms with Gasteiger partial charge in [0.05, 0.1) is 18.9 Å². The summed E-state index contributed by atoms with van der Waals surface area (Å²) < 4.78 is 58.6. The van der Waals surface area contributed by atoms with Crippen molar-refractivity contribution in [3.8, 4) is 0 Å².